The predicted octanol–water partition coefficient (Wildman–Crippen LogP) is 1.96. The van der Waals surface area contributed by atoms with Gasteiger partial charge in [0.2, 0.25) is 0 Å². The van der Waals surface area contributed by atoms with Crippen LogP contribution in [-0.2, 0) is 5.60 Å². The van der Waals surface area contributed by atoms with Gasteiger partial charge in [-0.05, 0) is 37.8 Å². The number of nitrogens with one attached hydrogen (secondary N) is 1. The van der Waals surface area contributed by atoms with E-state index < -0.39 is 5.60 Å². The lowest BCUT2D eigenvalue weighted by molar-refractivity contribution is -0.0123. The topological polar surface area (TPSA) is 32.3 Å². The molecule has 0 bridgehead atoms. The van der Waals surface area contributed by atoms with Crippen LogP contribution >= 0.6 is 11.3 Å². The van der Waals surface area contributed by atoms with Crippen molar-refractivity contribution < 1.29 is 5.11 Å². The monoisotopic (exact) mass is 211 g/mol. The van der Waals surface area contributed by atoms with E-state index in [-0.39, 0.29) is 0 Å². The number of hydrogen-bond donors (Lipinski definition) is 2. The molecule has 1 aromatic rings. The van der Waals surface area contributed by atoms with Crippen molar-refractivity contribution in [3.63, 3.8) is 0 Å². The second-order valence-electron chi connectivity index (χ2n) is 4.17. The summed E-state index contributed by atoms with van der Waals surface area (Å²) in [6.45, 7) is 3.97. The van der Waals surface area contributed by atoms with E-state index in [2.05, 4.69) is 5.32 Å². The Labute approximate surface area is 89.0 Å². The van der Waals surface area contributed by atoms with Crippen molar-refractivity contribution in [1.29, 1.82) is 0 Å². The van der Waals surface area contributed by atoms with Crippen LogP contribution in [0, 0.1) is 5.92 Å². The molecular weight excluding hydrogens is 194 g/mol. The quantitative estimate of drug-likeness (QED) is 0.783. The van der Waals surface area contributed by atoms with Crippen molar-refractivity contribution in [2.75, 3.05) is 13.1 Å². The predicted molar refractivity (Wildman–Crippen MR) is 59.5 cm³/mol. The number of aliphatic hydroxyl groups is 1. The highest BCUT2D eigenvalue weighted by Gasteiger charge is 2.35. The molecule has 78 valence electrons. The second kappa shape index (κ2) is 4.01. The Morgan fingerprint density at radius 3 is 3.07 bits per heavy atom. The highest BCUT2D eigenvalue weighted by molar-refractivity contribution is 7.10. The summed E-state index contributed by atoms with van der Waals surface area (Å²) in [5.74, 6) is 0.356. The zero-order valence-corrected chi connectivity index (χ0v) is 9.31. The van der Waals surface area contributed by atoms with Crippen molar-refractivity contribution >= 4 is 11.3 Å². The van der Waals surface area contributed by atoms with Crippen LogP contribution in [-0.4, -0.2) is 18.2 Å². The maximum Gasteiger partial charge on any atom is 0.0999 e. The van der Waals surface area contributed by atoms with Gasteiger partial charge in [-0.2, -0.15) is 0 Å². The molecule has 0 aromatic carbocycles. The summed E-state index contributed by atoms with van der Waals surface area (Å²) in [5.41, 5.74) is -0.651. The van der Waals surface area contributed by atoms with E-state index in [0.717, 1.165) is 24.4 Å². The van der Waals surface area contributed by atoms with Crippen LogP contribution in [0.2, 0.25) is 0 Å². The van der Waals surface area contributed by atoms with Crippen molar-refractivity contribution in [3.05, 3.63) is 22.4 Å². The van der Waals surface area contributed by atoms with Gasteiger partial charge >= 0.3 is 0 Å². The van der Waals surface area contributed by atoms with E-state index in [1.54, 1.807) is 11.3 Å². The van der Waals surface area contributed by atoms with E-state index in [1.165, 1.54) is 6.42 Å². The molecule has 2 unspecified atom stereocenters. The summed E-state index contributed by atoms with van der Waals surface area (Å²) < 4.78 is 0. The summed E-state index contributed by atoms with van der Waals surface area (Å²) in [7, 11) is 0. The Hall–Kier alpha value is -0.380. The molecule has 0 radical (unpaired) electrons. The van der Waals surface area contributed by atoms with Gasteiger partial charge < -0.3 is 10.4 Å². The number of piperidine rings is 1. The molecule has 1 aromatic heterocycles. The fourth-order valence-electron chi connectivity index (χ4n) is 2.10. The molecule has 2 nitrogen and oxygen atoms in total. The lowest BCUT2D eigenvalue weighted by Crippen LogP contribution is -2.41. The average Bonchev–Trinajstić information content (AvgIpc) is 2.72. The van der Waals surface area contributed by atoms with Crippen LogP contribution < -0.4 is 5.32 Å². The molecule has 2 N–H and O–H groups in total. The first-order valence-electron chi connectivity index (χ1n) is 5.18. The minimum absolute atomic E-state index is 0.356. The van der Waals surface area contributed by atoms with Gasteiger partial charge in [0.15, 0.2) is 0 Å². The summed E-state index contributed by atoms with van der Waals surface area (Å²) in [4.78, 5) is 1.09. The normalized spacial score (nSPS) is 27.1. The van der Waals surface area contributed by atoms with Crippen LogP contribution in [0.5, 0.6) is 0 Å². The van der Waals surface area contributed by atoms with Gasteiger partial charge in [-0.15, -0.1) is 11.3 Å². The molecular formula is C11H17NOS. The van der Waals surface area contributed by atoms with Crippen LogP contribution in [0.1, 0.15) is 24.6 Å². The third kappa shape index (κ3) is 1.85. The van der Waals surface area contributed by atoms with Crippen molar-refractivity contribution in [3.8, 4) is 0 Å². The zero-order chi connectivity index (χ0) is 10.0. The molecule has 2 atom stereocenters. The molecule has 3 heteroatoms. The smallest absolute Gasteiger partial charge is 0.0999 e. The summed E-state index contributed by atoms with van der Waals surface area (Å²) in [5, 5.41) is 15.8. The summed E-state index contributed by atoms with van der Waals surface area (Å²) in [6, 6.07) is 4.03. The van der Waals surface area contributed by atoms with Gasteiger partial charge in [-0.1, -0.05) is 6.07 Å². The molecule has 0 aliphatic carbocycles. The number of thiophene rings is 1. The molecule has 0 spiro atoms. The Kier molecular flexibility index (Phi) is 2.91. The average molecular weight is 211 g/mol. The standard InChI is InChI=1S/C11H17NOS/c1-11(13,10-5-3-7-14-10)9-4-2-6-12-8-9/h3,5,7,9,12-13H,2,4,6,8H2,1H3. The Balaban J connectivity index is 2.14. The first-order valence-corrected chi connectivity index (χ1v) is 6.06. The molecule has 2 heterocycles. The Morgan fingerprint density at radius 2 is 2.50 bits per heavy atom. The van der Waals surface area contributed by atoms with E-state index in [1.807, 2.05) is 24.4 Å². The molecule has 2 rings (SSSR count). The molecule has 0 amide bonds. The molecule has 1 aliphatic heterocycles. The Bertz CT molecular complexity index is 275. The molecule has 0 saturated carbocycles. The van der Waals surface area contributed by atoms with E-state index in [0.29, 0.717) is 5.92 Å². The van der Waals surface area contributed by atoms with Gasteiger partial charge in [0, 0.05) is 17.3 Å². The van der Waals surface area contributed by atoms with E-state index in [4.69, 9.17) is 0 Å². The fourth-order valence-corrected chi connectivity index (χ4v) is 2.97. The summed E-state index contributed by atoms with van der Waals surface area (Å²) >= 11 is 1.65. The van der Waals surface area contributed by atoms with Crippen LogP contribution in [0.25, 0.3) is 0 Å². The highest BCUT2D eigenvalue weighted by Crippen LogP contribution is 2.35. The molecule has 1 fully saturated rings. The van der Waals surface area contributed by atoms with Crippen molar-refractivity contribution in [2.45, 2.75) is 25.4 Å². The van der Waals surface area contributed by atoms with Crippen LogP contribution in [0.4, 0.5) is 0 Å². The summed E-state index contributed by atoms with van der Waals surface area (Å²) in [6.07, 6.45) is 2.30. The SMILES string of the molecule is CC(O)(c1cccs1)C1CCCNC1. The Morgan fingerprint density at radius 1 is 1.64 bits per heavy atom. The van der Waals surface area contributed by atoms with Crippen LogP contribution in [0.3, 0.4) is 0 Å². The van der Waals surface area contributed by atoms with Gasteiger partial charge in [0.25, 0.3) is 0 Å². The fraction of sp³-hybridized carbons (Fsp3) is 0.636. The van der Waals surface area contributed by atoms with E-state index in [9.17, 15) is 5.11 Å². The third-order valence-corrected chi connectivity index (χ3v) is 4.21. The molecule has 1 saturated heterocycles. The first-order chi connectivity index (χ1) is 6.71. The minimum Gasteiger partial charge on any atom is -0.384 e. The number of rotatable bonds is 2. The van der Waals surface area contributed by atoms with Gasteiger partial charge in [-0.3, -0.25) is 0 Å². The zero-order valence-electron chi connectivity index (χ0n) is 8.49. The van der Waals surface area contributed by atoms with Gasteiger partial charge in [0.1, 0.15) is 0 Å². The van der Waals surface area contributed by atoms with E-state index >= 15 is 0 Å². The molecule has 14 heavy (non-hydrogen) atoms. The minimum atomic E-state index is -0.651. The van der Waals surface area contributed by atoms with Crippen molar-refractivity contribution in [2.24, 2.45) is 5.92 Å². The maximum absolute atomic E-state index is 10.5. The number of hydrogen-bond acceptors (Lipinski definition) is 3. The van der Waals surface area contributed by atoms with Crippen molar-refractivity contribution in [1.82, 2.24) is 5.32 Å². The first kappa shape index (κ1) is 10.1. The van der Waals surface area contributed by atoms with Gasteiger partial charge in [0.05, 0.1) is 5.60 Å². The lowest BCUT2D eigenvalue weighted by atomic mass is 9.82. The largest absolute Gasteiger partial charge is 0.384 e. The third-order valence-electron chi connectivity index (χ3n) is 3.11. The lowest BCUT2D eigenvalue weighted by Gasteiger charge is -2.35. The van der Waals surface area contributed by atoms with Crippen LogP contribution in [0.15, 0.2) is 17.5 Å². The maximum atomic E-state index is 10.5. The second-order valence-corrected chi connectivity index (χ2v) is 5.12. The molecule has 1 aliphatic rings. The highest BCUT2D eigenvalue weighted by atomic mass is 32.1. The van der Waals surface area contributed by atoms with Gasteiger partial charge in [-0.25, -0.2) is 0 Å².